The van der Waals surface area contributed by atoms with Crippen molar-refractivity contribution in [2.75, 3.05) is 0 Å². The van der Waals surface area contributed by atoms with Crippen LogP contribution in [0, 0.1) is 0 Å². The Morgan fingerprint density at radius 2 is 1.39 bits per heavy atom. The fraction of sp³-hybridized carbons (Fsp3) is 0.556. The molecular weight excluding hydrogens is 259 g/mol. The van der Waals surface area contributed by atoms with Crippen molar-refractivity contribution in [3.05, 3.63) is 0 Å². The summed E-state index contributed by atoms with van der Waals surface area (Å²) < 4.78 is 4.47. The molecule has 0 aliphatic carbocycles. The van der Waals surface area contributed by atoms with Crippen LogP contribution < -0.4 is 0 Å². The van der Waals surface area contributed by atoms with Crippen molar-refractivity contribution < 1.29 is 39.2 Å². The van der Waals surface area contributed by atoms with Gasteiger partial charge in [0.15, 0.2) is 0 Å². The first kappa shape index (κ1) is 19.2. The first-order valence-electron chi connectivity index (χ1n) is 4.62. The van der Waals surface area contributed by atoms with Gasteiger partial charge in [-0.15, -0.1) is 0 Å². The molecule has 8 nitrogen and oxygen atoms in total. The van der Waals surface area contributed by atoms with Crippen LogP contribution in [0.5, 0.6) is 0 Å². The molecule has 0 bridgehead atoms. The standard InChI is InChI=1S/C9H12O8.Na.H/c1-2-7(14)17-9(8(15)16,3-5(10)11)4-6(12)13;;/h2-4H2,1H3,(H,10,11)(H,12,13)(H,15,16);;. The molecule has 0 unspecified atom stereocenters. The third kappa shape index (κ3) is 5.99. The van der Waals surface area contributed by atoms with Crippen molar-refractivity contribution in [2.24, 2.45) is 0 Å². The maximum atomic E-state index is 11.0. The number of rotatable bonds is 7. The molecule has 0 aromatic rings. The Morgan fingerprint density at radius 3 is 1.61 bits per heavy atom. The van der Waals surface area contributed by atoms with Crippen LogP contribution in [0.4, 0.5) is 0 Å². The van der Waals surface area contributed by atoms with Gasteiger partial charge >= 0.3 is 53.4 Å². The van der Waals surface area contributed by atoms with E-state index in [9.17, 15) is 19.2 Å². The van der Waals surface area contributed by atoms with Gasteiger partial charge in [-0.3, -0.25) is 14.4 Å². The average molecular weight is 272 g/mol. The van der Waals surface area contributed by atoms with E-state index in [2.05, 4.69) is 4.74 Å². The summed E-state index contributed by atoms with van der Waals surface area (Å²) in [5, 5.41) is 26.0. The topological polar surface area (TPSA) is 138 Å². The Hall–Kier alpha value is -1.12. The fourth-order valence-corrected chi connectivity index (χ4v) is 1.11. The van der Waals surface area contributed by atoms with Crippen LogP contribution >= 0.6 is 0 Å². The molecule has 0 aromatic carbocycles. The Labute approximate surface area is 124 Å². The number of hydrogen-bond acceptors (Lipinski definition) is 5. The second kappa shape index (κ2) is 8.06. The van der Waals surface area contributed by atoms with Gasteiger partial charge in [-0.2, -0.15) is 0 Å². The molecule has 0 spiro atoms. The summed E-state index contributed by atoms with van der Waals surface area (Å²) in [6.07, 6.45) is -2.41. The van der Waals surface area contributed by atoms with Crippen LogP contribution in [-0.2, 0) is 23.9 Å². The molecule has 0 heterocycles. The molecule has 0 saturated heterocycles. The number of carboxylic acids is 3. The normalized spacial score (nSPS) is 10.1. The molecule has 0 aliphatic heterocycles. The molecule has 0 rings (SSSR count). The average Bonchev–Trinajstić information content (AvgIpc) is 2.14. The molecule has 3 N–H and O–H groups in total. The fourth-order valence-electron chi connectivity index (χ4n) is 1.11. The first-order chi connectivity index (χ1) is 7.73. The zero-order chi connectivity index (χ0) is 13.6. The summed E-state index contributed by atoms with van der Waals surface area (Å²) in [5.74, 6) is -5.92. The van der Waals surface area contributed by atoms with Crippen molar-refractivity contribution in [1.82, 2.24) is 0 Å². The Bertz CT molecular complexity index is 334. The van der Waals surface area contributed by atoms with Crippen LogP contribution in [0.3, 0.4) is 0 Å². The molecule has 18 heavy (non-hydrogen) atoms. The Kier molecular flexibility index (Phi) is 8.61. The first-order valence-corrected chi connectivity index (χ1v) is 4.62. The van der Waals surface area contributed by atoms with Crippen molar-refractivity contribution in [2.45, 2.75) is 31.8 Å². The zero-order valence-electron chi connectivity index (χ0n) is 9.00. The third-order valence-electron chi connectivity index (χ3n) is 1.86. The van der Waals surface area contributed by atoms with E-state index in [0.717, 1.165) is 0 Å². The van der Waals surface area contributed by atoms with E-state index in [4.69, 9.17) is 15.3 Å². The molecule has 98 valence electrons. The summed E-state index contributed by atoms with van der Waals surface area (Å²) in [7, 11) is 0. The molecule has 9 heteroatoms. The second-order valence-corrected chi connectivity index (χ2v) is 3.27. The van der Waals surface area contributed by atoms with Gasteiger partial charge in [0, 0.05) is 6.42 Å². The van der Waals surface area contributed by atoms with Gasteiger partial charge in [0.2, 0.25) is 5.60 Å². The van der Waals surface area contributed by atoms with E-state index in [-0.39, 0.29) is 36.0 Å². The van der Waals surface area contributed by atoms with Crippen molar-refractivity contribution >= 4 is 53.4 Å². The van der Waals surface area contributed by atoms with Crippen molar-refractivity contribution in [3.63, 3.8) is 0 Å². The van der Waals surface area contributed by atoms with Crippen LogP contribution in [0.25, 0.3) is 0 Å². The van der Waals surface area contributed by atoms with Gasteiger partial charge in [-0.25, -0.2) is 4.79 Å². The van der Waals surface area contributed by atoms with E-state index < -0.39 is 42.3 Å². The Morgan fingerprint density at radius 1 is 1.00 bits per heavy atom. The van der Waals surface area contributed by atoms with Gasteiger partial charge in [-0.1, -0.05) is 6.92 Å². The number of carbonyl (C=O) groups is 4. The third-order valence-corrected chi connectivity index (χ3v) is 1.86. The summed E-state index contributed by atoms with van der Waals surface area (Å²) in [5.41, 5.74) is -2.56. The van der Waals surface area contributed by atoms with Crippen LogP contribution in [0.2, 0.25) is 0 Å². The second-order valence-electron chi connectivity index (χ2n) is 3.27. The van der Waals surface area contributed by atoms with E-state index in [1.807, 2.05) is 0 Å². The van der Waals surface area contributed by atoms with Crippen LogP contribution in [-0.4, -0.2) is 74.4 Å². The number of carbonyl (C=O) groups excluding carboxylic acids is 1. The zero-order valence-corrected chi connectivity index (χ0v) is 9.00. The maximum absolute atomic E-state index is 11.0. The van der Waals surface area contributed by atoms with E-state index in [1.165, 1.54) is 6.92 Å². The molecular formula is C9H13NaO8. The molecule has 0 atom stereocenters. The number of hydrogen-bond donors (Lipinski definition) is 3. The molecule has 0 radical (unpaired) electrons. The molecule has 0 aliphatic rings. The van der Waals surface area contributed by atoms with E-state index >= 15 is 0 Å². The molecule has 0 aromatic heterocycles. The van der Waals surface area contributed by atoms with Gasteiger partial charge in [0.25, 0.3) is 0 Å². The number of esters is 1. The number of aliphatic carboxylic acids is 3. The van der Waals surface area contributed by atoms with Crippen LogP contribution in [0.1, 0.15) is 26.2 Å². The van der Waals surface area contributed by atoms with Crippen molar-refractivity contribution in [1.29, 1.82) is 0 Å². The molecule has 0 fully saturated rings. The number of ether oxygens (including phenoxy) is 1. The summed E-state index contributed by atoms with van der Waals surface area (Å²) >= 11 is 0. The molecule has 0 amide bonds. The Balaban J connectivity index is 0. The van der Waals surface area contributed by atoms with Gasteiger partial charge in [-0.05, 0) is 0 Å². The summed E-state index contributed by atoms with van der Waals surface area (Å²) in [4.78, 5) is 43.0. The van der Waals surface area contributed by atoms with Crippen LogP contribution in [0.15, 0.2) is 0 Å². The van der Waals surface area contributed by atoms with Crippen molar-refractivity contribution in [3.8, 4) is 0 Å². The van der Waals surface area contributed by atoms with Gasteiger partial charge in [0.1, 0.15) is 0 Å². The predicted octanol–water partition coefficient (Wildman–Crippen LogP) is -0.936. The monoisotopic (exact) mass is 272 g/mol. The van der Waals surface area contributed by atoms with Gasteiger partial charge in [0.05, 0.1) is 12.8 Å². The summed E-state index contributed by atoms with van der Waals surface area (Å²) in [6, 6.07) is 0. The molecule has 0 saturated carbocycles. The minimum atomic E-state index is -2.56. The van der Waals surface area contributed by atoms with Gasteiger partial charge < -0.3 is 20.1 Å². The summed E-state index contributed by atoms with van der Waals surface area (Å²) in [6.45, 7) is 1.37. The predicted molar refractivity (Wildman–Crippen MR) is 58.4 cm³/mol. The number of carboxylic acid groups (broad SMARTS) is 3. The van der Waals surface area contributed by atoms with E-state index in [0.29, 0.717) is 0 Å². The van der Waals surface area contributed by atoms with E-state index in [1.54, 1.807) is 0 Å². The minimum absolute atomic E-state index is 0. The quantitative estimate of drug-likeness (QED) is 0.399. The SMILES string of the molecule is CCC(=O)OC(CC(=O)O)(CC(=O)O)C(=O)O.[NaH].